The van der Waals surface area contributed by atoms with E-state index in [1.807, 2.05) is 0 Å². The molecule has 0 aromatic heterocycles. The molecule has 1 saturated heterocycles. The van der Waals surface area contributed by atoms with Gasteiger partial charge < -0.3 is 4.90 Å². The van der Waals surface area contributed by atoms with E-state index >= 15 is 0 Å². The molecule has 2 rings (SSSR count). The zero-order chi connectivity index (χ0) is 11.8. The largest absolute Gasteiger partial charge is 0.366 e. The van der Waals surface area contributed by atoms with E-state index in [1.54, 1.807) is 0 Å². The minimum absolute atomic E-state index is 0.299. The standard InChI is InChI=1S/C14H20ClN/c1-11-9-12(10-15)5-6-13(11)16-8-4-7-14(16,2)3/h5-6,9H,4,7-8,10H2,1-3H3. The van der Waals surface area contributed by atoms with Gasteiger partial charge in [0.25, 0.3) is 0 Å². The average Bonchev–Trinajstić information content (AvgIpc) is 2.58. The summed E-state index contributed by atoms with van der Waals surface area (Å²) in [6, 6.07) is 6.57. The Balaban J connectivity index is 2.34. The lowest BCUT2D eigenvalue weighted by Gasteiger charge is -2.35. The molecule has 0 aliphatic carbocycles. The van der Waals surface area contributed by atoms with Crippen molar-refractivity contribution in [2.24, 2.45) is 0 Å². The molecule has 1 aromatic rings. The van der Waals surface area contributed by atoms with Crippen molar-refractivity contribution in [1.82, 2.24) is 0 Å². The van der Waals surface area contributed by atoms with Crippen molar-refractivity contribution in [1.29, 1.82) is 0 Å². The molecule has 0 N–H and O–H groups in total. The highest BCUT2D eigenvalue weighted by molar-refractivity contribution is 6.17. The van der Waals surface area contributed by atoms with E-state index in [-0.39, 0.29) is 0 Å². The number of benzene rings is 1. The fraction of sp³-hybridized carbons (Fsp3) is 0.571. The summed E-state index contributed by atoms with van der Waals surface area (Å²) >= 11 is 5.85. The van der Waals surface area contributed by atoms with Gasteiger partial charge in [0.05, 0.1) is 0 Å². The van der Waals surface area contributed by atoms with Crippen LogP contribution in [0.4, 0.5) is 5.69 Å². The quantitative estimate of drug-likeness (QED) is 0.700. The first kappa shape index (κ1) is 11.8. The predicted molar refractivity (Wildman–Crippen MR) is 71.4 cm³/mol. The van der Waals surface area contributed by atoms with Crippen molar-refractivity contribution in [3.05, 3.63) is 29.3 Å². The number of hydrogen-bond acceptors (Lipinski definition) is 1. The monoisotopic (exact) mass is 237 g/mol. The molecule has 0 saturated carbocycles. The number of anilines is 1. The molecular weight excluding hydrogens is 218 g/mol. The molecule has 0 spiro atoms. The van der Waals surface area contributed by atoms with Gasteiger partial charge in [-0.05, 0) is 50.8 Å². The van der Waals surface area contributed by atoms with Crippen molar-refractivity contribution in [2.45, 2.75) is 45.0 Å². The number of aryl methyl sites for hydroxylation is 1. The molecule has 0 atom stereocenters. The SMILES string of the molecule is Cc1cc(CCl)ccc1N1CCCC1(C)C. The summed E-state index contributed by atoms with van der Waals surface area (Å²) in [7, 11) is 0. The van der Waals surface area contributed by atoms with Gasteiger partial charge in [-0.1, -0.05) is 12.1 Å². The van der Waals surface area contributed by atoms with Crippen molar-refractivity contribution >= 4 is 17.3 Å². The Morgan fingerprint density at radius 2 is 2.12 bits per heavy atom. The van der Waals surface area contributed by atoms with Crippen LogP contribution in [0.3, 0.4) is 0 Å². The van der Waals surface area contributed by atoms with Gasteiger partial charge in [-0.3, -0.25) is 0 Å². The van der Waals surface area contributed by atoms with Gasteiger partial charge in [0, 0.05) is 23.7 Å². The molecule has 1 heterocycles. The molecule has 16 heavy (non-hydrogen) atoms. The van der Waals surface area contributed by atoms with Gasteiger partial charge in [-0.15, -0.1) is 11.6 Å². The van der Waals surface area contributed by atoms with E-state index in [1.165, 1.54) is 36.2 Å². The van der Waals surface area contributed by atoms with Crippen LogP contribution in [0.25, 0.3) is 0 Å². The molecule has 1 fully saturated rings. The van der Waals surface area contributed by atoms with Crippen molar-refractivity contribution in [3.8, 4) is 0 Å². The van der Waals surface area contributed by atoms with Gasteiger partial charge in [-0.25, -0.2) is 0 Å². The van der Waals surface area contributed by atoms with Crippen LogP contribution in [0.2, 0.25) is 0 Å². The van der Waals surface area contributed by atoms with Gasteiger partial charge in [0.1, 0.15) is 0 Å². The number of alkyl halides is 1. The van der Waals surface area contributed by atoms with Crippen LogP contribution < -0.4 is 4.90 Å². The zero-order valence-corrected chi connectivity index (χ0v) is 11.1. The predicted octanol–water partition coefficient (Wildman–Crippen LogP) is 4.11. The number of halogens is 1. The van der Waals surface area contributed by atoms with Crippen LogP contribution in [0.1, 0.15) is 37.8 Å². The molecule has 2 heteroatoms. The fourth-order valence-electron chi connectivity index (χ4n) is 2.66. The minimum Gasteiger partial charge on any atom is -0.366 e. The molecule has 0 radical (unpaired) electrons. The number of nitrogens with zero attached hydrogens (tertiary/aromatic N) is 1. The van der Waals surface area contributed by atoms with Gasteiger partial charge in [0.2, 0.25) is 0 Å². The first-order valence-corrected chi connectivity index (χ1v) is 6.51. The number of rotatable bonds is 2. The van der Waals surface area contributed by atoms with Crippen LogP contribution in [-0.4, -0.2) is 12.1 Å². The Morgan fingerprint density at radius 1 is 1.38 bits per heavy atom. The molecule has 0 unspecified atom stereocenters. The highest BCUT2D eigenvalue weighted by Gasteiger charge is 2.32. The van der Waals surface area contributed by atoms with Gasteiger partial charge >= 0.3 is 0 Å². The van der Waals surface area contributed by atoms with E-state index in [9.17, 15) is 0 Å². The third kappa shape index (κ3) is 2.06. The Kier molecular flexibility index (Phi) is 3.16. The molecule has 1 aliphatic rings. The average molecular weight is 238 g/mol. The van der Waals surface area contributed by atoms with Gasteiger partial charge in [0.15, 0.2) is 0 Å². The summed E-state index contributed by atoms with van der Waals surface area (Å²) in [6.45, 7) is 8.01. The highest BCUT2D eigenvalue weighted by Crippen LogP contribution is 2.35. The van der Waals surface area contributed by atoms with Crippen LogP contribution in [0.5, 0.6) is 0 Å². The maximum absolute atomic E-state index is 5.85. The molecular formula is C14H20ClN. The summed E-state index contributed by atoms with van der Waals surface area (Å²) in [5.41, 5.74) is 4.22. The molecule has 88 valence electrons. The third-order valence-electron chi connectivity index (χ3n) is 3.61. The van der Waals surface area contributed by atoms with E-state index in [0.29, 0.717) is 11.4 Å². The summed E-state index contributed by atoms with van der Waals surface area (Å²) in [5, 5.41) is 0. The zero-order valence-electron chi connectivity index (χ0n) is 10.4. The topological polar surface area (TPSA) is 3.24 Å². The third-order valence-corrected chi connectivity index (χ3v) is 3.92. The van der Waals surface area contributed by atoms with E-state index in [4.69, 9.17) is 11.6 Å². The highest BCUT2D eigenvalue weighted by atomic mass is 35.5. The molecule has 0 amide bonds. The second-order valence-electron chi connectivity index (χ2n) is 5.32. The first-order valence-electron chi connectivity index (χ1n) is 5.98. The molecule has 1 aromatic carbocycles. The maximum atomic E-state index is 5.85. The second kappa shape index (κ2) is 4.29. The summed E-state index contributed by atoms with van der Waals surface area (Å²) in [6.07, 6.45) is 2.58. The van der Waals surface area contributed by atoms with Crippen LogP contribution >= 0.6 is 11.6 Å². The Hall–Kier alpha value is -0.690. The smallest absolute Gasteiger partial charge is 0.0474 e. The normalized spacial score (nSPS) is 19.1. The Morgan fingerprint density at radius 3 is 2.62 bits per heavy atom. The summed E-state index contributed by atoms with van der Waals surface area (Å²) in [4.78, 5) is 2.53. The Bertz CT molecular complexity index is 384. The fourth-order valence-corrected chi connectivity index (χ4v) is 2.82. The van der Waals surface area contributed by atoms with Crippen LogP contribution in [-0.2, 0) is 5.88 Å². The molecule has 0 bridgehead atoms. The van der Waals surface area contributed by atoms with Gasteiger partial charge in [-0.2, -0.15) is 0 Å². The van der Waals surface area contributed by atoms with Crippen LogP contribution in [0, 0.1) is 6.92 Å². The van der Waals surface area contributed by atoms with Crippen LogP contribution in [0.15, 0.2) is 18.2 Å². The lowest BCUT2D eigenvalue weighted by Crippen LogP contribution is -2.38. The molecule has 1 nitrogen and oxygen atoms in total. The second-order valence-corrected chi connectivity index (χ2v) is 5.59. The number of hydrogen-bond donors (Lipinski definition) is 0. The Labute approximate surface area is 103 Å². The van der Waals surface area contributed by atoms with Crippen molar-refractivity contribution < 1.29 is 0 Å². The van der Waals surface area contributed by atoms with Crippen molar-refractivity contribution in [3.63, 3.8) is 0 Å². The van der Waals surface area contributed by atoms with E-state index in [0.717, 1.165) is 0 Å². The maximum Gasteiger partial charge on any atom is 0.0474 e. The first-order chi connectivity index (χ1) is 7.54. The van der Waals surface area contributed by atoms with E-state index in [2.05, 4.69) is 43.9 Å². The van der Waals surface area contributed by atoms with Crippen molar-refractivity contribution in [2.75, 3.05) is 11.4 Å². The summed E-state index contributed by atoms with van der Waals surface area (Å²) in [5.74, 6) is 0.602. The lowest BCUT2D eigenvalue weighted by atomic mass is 10.0. The summed E-state index contributed by atoms with van der Waals surface area (Å²) < 4.78 is 0. The minimum atomic E-state index is 0.299. The molecule has 1 aliphatic heterocycles. The lowest BCUT2D eigenvalue weighted by molar-refractivity contribution is 0.517. The van der Waals surface area contributed by atoms with E-state index < -0.39 is 0 Å².